The van der Waals surface area contributed by atoms with Crippen molar-refractivity contribution in [2.24, 2.45) is 0 Å². The molecule has 110 valence electrons. The van der Waals surface area contributed by atoms with E-state index in [4.69, 9.17) is 0 Å². The van der Waals surface area contributed by atoms with Crippen molar-refractivity contribution in [1.82, 2.24) is 0 Å². The lowest BCUT2D eigenvalue weighted by Gasteiger charge is -2.14. The molecule has 0 aromatic heterocycles. The summed E-state index contributed by atoms with van der Waals surface area (Å²) in [5, 5.41) is 14.2. The van der Waals surface area contributed by atoms with Crippen molar-refractivity contribution in [2.45, 2.75) is 34.2 Å². The van der Waals surface area contributed by atoms with Crippen molar-refractivity contribution in [1.29, 1.82) is 0 Å². The molecule has 0 aliphatic rings. The summed E-state index contributed by atoms with van der Waals surface area (Å²) in [5.41, 5.74) is 6.89. The fraction of sp³-hybridized carbons (Fsp3) is 0.294. The van der Waals surface area contributed by atoms with E-state index >= 15 is 0 Å². The molecule has 0 fully saturated rings. The number of hydrogen-bond donors (Lipinski definition) is 1. The van der Waals surface area contributed by atoms with E-state index in [-0.39, 0.29) is 10.6 Å². The number of non-ortho nitro benzene ring substituents is 1. The van der Waals surface area contributed by atoms with Gasteiger partial charge < -0.3 is 5.32 Å². The van der Waals surface area contributed by atoms with Crippen molar-refractivity contribution in [3.8, 4) is 0 Å². The zero-order valence-corrected chi connectivity index (χ0v) is 12.9. The maximum absolute atomic E-state index is 10.9. The van der Waals surface area contributed by atoms with E-state index in [1.807, 2.05) is 6.92 Å². The molecule has 0 unspecified atom stereocenters. The molecule has 0 spiro atoms. The molecule has 4 nitrogen and oxygen atoms in total. The topological polar surface area (TPSA) is 55.2 Å². The third-order valence-electron chi connectivity index (χ3n) is 3.73. The number of nitro benzene ring substituents is 1. The van der Waals surface area contributed by atoms with Crippen molar-refractivity contribution in [3.05, 3.63) is 68.3 Å². The predicted molar refractivity (Wildman–Crippen MR) is 85.8 cm³/mol. The van der Waals surface area contributed by atoms with Crippen LogP contribution in [0.5, 0.6) is 0 Å². The first-order valence-corrected chi connectivity index (χ1v) is 6.94. The van der Waals surface area contributed by atoms with Gasteiger partial charge in [-0.2, -0.15) is 0 Å². The first kappa shape index (κ1) is 15.0. The van der Waals surface area contributed by atoms with E-state index in [2.05, 4.69) is 38.2 Å². The van der Waals surface area contributed by atoms with Crippen LogP contribution in [0.15, 0.2) is 30.3 Å². The third-order valence-corrected chi connectivity index (χ3v) is 3.73. The van der Waals surface area contributed by atoms with E-state index in [1.165, 1.54) is 28.3 Å². The summed E-state index contributed by atoms with van der Waals surface area (Å²) in [5.74, 6) is 0. The lowest BCUT2D eigenvalue weighted by atomic mass is 9.99. The quantitative estimate of drug-likeness (QED) is 0.667. The third kappa shape index (κ3) is 3.40. The first-order chi connectivity index (χ1) is 9.88. The van der Waals surface area contributed by atoms with E-state index in [0.29, 0.717) is 6.54 Å². The normalized spacial score (nSPS) is 10.5. The number of nitrogens with one attached hydrogen (secondary N) is 1. The minimum Gasteiger partial charge on any atom is -0.381 e. The molecule has 0 amide bonds. The van der Waals surface area contributed by atoms with E-state index in [9.17, 15) is 10.1 Å². The Kier molecular flexibility index (Phi) is 4.26. The highest BCUT2D eigenvalue weighted by molar-refractivity contribution is 5.57. The maximum Gasteiger partial charge on any atom is 0.271 e. The van der Waals surface area contributed by atoms with Gasteiger partial charge in [0.05, 0.1) is 4.92 Å². The van der Waals surface area contributed by atoms with E-state index in [0.717, 1.165) is 11.3 Å². The van der Waals surface area contributed by atoms with Crippen LogP contribution in [0.2, 0.25) is 0 Å². The van der Waals surface area contributed by atoms with Crippen LogP contribution in [0.4, 0.5) is 11.4 Å². The fourth-order valence-corrected chi connectivity index (χ4v) is 2.59. The van der Waals surface area contributed by atoms with Crippen LogP contribution in [0.25, 0.3) is 0 Å². The van der Waals surface area contributed by atoms with E-state index < -0.39 is 0 Å². The van der Waals surface area contributed by atoms with Gasteiger partial charge in [-0.15, -0.1) is 0 Å². The van der Waals surface area contributed by atoms with Crippen molar-refractivity contribution < 1.29 is 4.92 Å². The molecular formula is C17H20N2O2. The van der Waals surface area contributed by atoms with Crippen LogP contribution in [0.1, 0.15) is 27.8 Å². The summed E-state index contributed by atoms with van der Waals surface area (Å²) in [4.78, 5) is 10.5. The molecule has 0 radical (unpaired) electrons. The van der Waals surface area contributed by atoms with Crippen LogP contribution in [-0.4, -0.2) is 4.92 Å². The second kappa shape index (κ2) is 5.95. The Bertz CT molecular complexity index is 670. The van der Waals surface area contributed by atoms with Crippen LogP contribution in [0, 0.1) is 37.8 Å². The molecule has 21 heavy (non-hydrogen) atoms. The molecule has 2 aromatic rings. The molecule has 0 saturated heterocycles. The van der Waals surface area contributed by atoms with Crippen LogP contribution < -0.4 is 5.32 Å². The Labute approximate surface area is 125 Å². The molecule has 0 aliphatic carbocycles. The standard InChI is InChI=1S/C17H20N2O2/c1-11-7-13(3)16(14(4)8-11)10-18-17-9-15(19(20)21)6-5-12(17)2/h5-9,18H,10H2,1-4H3. The SMILES string of the molecule is Cc1cc(C)c(CNc2cc([N+](=O)[O-])ccc2C)c(C)c1. The predicted octanol–water partition coefficient (Wildman–Crippen LogP) is 4.44. The van der Waals surface area contributed by atoms with Gasteiger partial charge in [-0.05, 0) is 49.9 Å². The molecule has 0 bridgehead atoms. The summed E-state index contributed by atoms with van der Waals surface area (Å²) in [6.07, 6.45) is 0. The molecule has 1 N–H and O–H groups in total. The molecule has 0 saturated carbocycles. The van der Waals surface area contributed by atoms with Gasteiger partial charge in [0.1, 0.15) is 0 Å². The first-order valence-electron chi connectivity index (χ1n) is 6.94. The number of nitrogens with zero attached hydrogens (tertiary/aromatic N) is 1. The zero-order valence-electron chi connectivity index (χ0n) is 12.9. The Morgan fingerprint density at radius 1 is 1.00 bits per heavy atom. The fourth-order valence-electron chi connectivity index (χ4n) is 2.59. The van der Waals surface area contributed by atoms with Crippen molar-refractivity contribution >= 4 is 11.4 Å². The van der Waals surface area contributed by atoms with Crippen LogP contribution in [-0.2, 0) is 6.54 Å². The number of benzene rings is 2. The Morgan fingerprint density at radius 2 is 1.62 bits per heavy atom. The van der Waals surface area contributed by atoms with Gasteiger partial charge in [-0.1, -0.05) is 23.8 Å². The average molecular weight is 284 g/mol. The second-order valence-corrected chi connectivity index (χ2v) is 5.49. The Morgan fingerprint density at radius 3 is 2.19 bits per heavy atom. The average Bonchev–Trinajstić information content (AvgIpc) is 2.39. The van der Waals surface area contributed by atoms with Gasteiger partial charge in [-0.3, -0.25) is 10.1 Å². The molecular weight excluding hydrogens is 264 g/mol. The highest BCUT2D eigenvalue weighted by Crippen LogP contribution is 2.24. The van der Waals surface area contributed by atoms with Crippen molar-refractivity contribution in [3.63, 3.8) is 0 Å². The maximum atomic E-state index is 10.9. The van der Waals surface area contributed by atoms with Gasteiger partial charge in [0.25, 0.3) is 5.69 Å². The Hall–Kier alpha value is -2.36. The summed E-state index contributed by atoms with van der Waals surface area (Å²) >= 11 is 0. The van der Waals surface area contributed by atoms with Gasteiger partial charge in [0, 0.05) is 24.4 Å². The van der Waals surface area contributed by atoms with Gasteiger partial charge in [0.15, 0.2) is 0 Å². The van der Waals surface area contributed by atoms with Gasteiger partial charge in [0.2, 0.25) is 0 Å². The van der Waals surface area contributed by atoms with Crippen molar-refractivity contribution in [2.75, 3.05) is 5.32 Å². The monoisotopic (exact) mass is 284 g/mol. The highest BCUT2D eigenvalue weighted by atomic mass is 16.6. The lowest BCUT2D eigenvalue weighted by molar-refractivity contribution is -0.384. The summed E-state index contributed by atoms with van der Waals surface area (Å²) < 4.78 is 0. The minimum atomic E-state index is -0.368. The smallest absolute Gasteiger partial charge is 0.271 e. The van der Waals surface area contributed by atoms with Gasteiger partial charge in [-0.25, -0.2) is 0 Å². The molecule has 0 atom stereocenters. The summed E-state index contributed by atoms with van der Waals surface area (Å²) in [6.45, 7) is 8.89. The number of hydrogen-bond acceptors (Lipinski definition) is 3. The number of aryl methyl sites for hydroxylation is 4. The van der Waals surface area contributed by atoms with Gasteiger partial charge >= 0.3 is 0 Å². The molecule has 2 rings (SSSR count). The number of anilines is 1. The molecule has 4 heteroatoms. The number of nitro groups is 1. The largest absolute Gasteiger partial charge is 0.381 e. The highest BCUT2D eigenvalue weighted by Gasteiger charge is 2.09. The molecule has 2 aromatic carbocycles. The van der Waals surface area contributed by atoms with E-state index in [1.54, 1.807) is 12.1 Å². The molecule has 0 aliphatic heterocycles. The number of rotatable bonds is 4. The zero-order chi connectivity index (χ0) is 15.6. The Balaban J connectivity index is 2.24. The van der Waals surface area contributed by atoms with Crippen LogP contribution >= 0.6 is 0 Å². The van der Waals surface area contributed by atoms with Crippen LogP contribution in [0.3, 0.4) is 0 Å². The summed E-state index contributed by atoms with van der Waals surface area (Å²) in [6, 6.07) is 9.21. The minimum absolute atomic E-state index is 0.112. The molecule has 0 heterocycles. The summed E-state index contributed by atoms with van der Waals surface area (Å²) in [7, 11) is 0. The lowest BCUT2D eigenvalue weighted by Crippen LogP contribution is -2.05. The second-order valence-electron chi connectivity index (χ2n) is 5.49.